The summed E-state index contributed by atoms with van der Waals surface area (Å²) in [5.74, 6) is -1.44. The highest BCUT2D eigenvalue weighted by atomic mass is 35.5. The van der Waals surface area contributed by atoms with Gasteiger partial charge in [0.2, 0.25) is 5.91 Å². The van der Waals surface area contributed by atoms with Crippen molar-refractivity contribution in [1.82, 2.24) is 10.2 Å². The van der Waals surface area contributed by atoms with Crippen LogP contribution in [0, 0.1) is 5.82 Å². The minimum atomic E-state index is -0.938. The fourth-order valence-electron chi connectivity index (χ4n) is 4.08. The van der Waals surface area contributed by atoms with Crippen LogP contribution < -0.4 is 10.6 Å². The van der Waals surface area contributed by atoms with Gasteiger partial charge in [0.25, 0.3) is 5.91 Å². The Kier molecular flexibility index (Phi) is 6.96. The van der Waals surface area contributed by atoms with E-state index in [1.165, 1.54) is 13.1 Å². The Labute approximate surface area is 185 Å². The molecule has 1 aliphatic rings. The van der Waals surface area contributed by atoms with E-state index in [1.54, 1.807) is 0 Å². The van der Waals surface area contributed by atoms with E-state index in [1.807, 2.05) is 43.0 Å². The molecule has 5 nitrogen and oxygen atoms in total. The SMILES string of the molecule is CNC(=O)c1cc(Cl)c(F)cc1NC(=O)C1(c2ccccc2C(C)C)CN(CCF)C1. The van der Waals surface area contributed by atoms with E-state index in [0.29, 0.717) is 13.1 Å². The van der Waals surface area contributed by atoms with Crippen LogP contribution in [0.1, 0.15) is 41.3 Å². The third kappa shape index (κ3) is 4.43. The molecule has 0 bridgehead atoms. The number of carbonyl (C=O) groups excluding carboxylic acids is 2. The van der Waals surface area contributed by atoms with Crippen molar-refractivity contribution in [3.05, 3.63) is 63.9 Å². The average molecular weight is 450 g/mol. The molecule has 1 aliphatic heterocycles. The van der Waals surface area contributed by atoms with Crippen LogP contribution in [0.4, 0.5) is 14.5 Å². The number of hydrogen-bond acceptors (Lipinski definition) is 3. The summed E-state index contributed by atoms with van der Waals surface area (Å²) < 4.78 is 27.1. The van der Waals surface area contributed by atoms with E-state index in [4.69, 9.17) is 11.6 Å². The summed E-state index contributed by atoms with van der Waals surface area (Å²) in [6, 6.07) is 9.91. The van der Waals surface area contributed by atoms with Crippen LogP contribution in [0.5, 0.6) is 0 Å². The van der Waals surface area contributed by atoms with Gasteiger partial charge in [-0.15, -0.1) is 0 Å². The van der Waals surface area contributed by atoms with Gasteiger partial charge in [-0.3, -0.25) is 14.5 Å². The molecule has 1 heterocycles. The molecule has 0 unspecified atom stereocenters. The number of likely N-dealkylation sites (tertiary alicyclic amines) is 1. The Morgan fingerprint density at radius 3 is 2.52 bits per heavy atom. The Bertz CT molecular complexity index is 991. The Balaban J connectivity index is 2.03. The van der Waals surface area contributed by atoms with Crippen molar-refractivity contribution in [2.24, 2.45) is 0 Å². The van der Waals surface area contributed by atoms with Crippen LogP contribution in [0.25, 0.3) is 0 Å². The van der Waals surface area contributed by atoms with E-state index in [-0.39, 0.29) is 34.6 Å². The van der Waals surface area contributed by atoms with E-state index in [2.05, 4.69) is 10.6 Å². The molecule has 1 saturated heterocycles. The molecule has 0 aromatic heterocycles. The zero-order chi connectivity index (χ0) is 22.8. The first-order valence-corrected chi connectivity index (χ1v) is 10.5. The number of carbonyl (C=O) groups is 2. The lowest BCUT2D eigenvalue weighted by Crippen LogP contribution is -2.65. The number of amides is 2. The lowest BCUT2D eigenvalue weighted by molar-refractivity contribution is -0.128. The maximum atomic E-state index is 14.2. The second kappa shape index (κ2) is 9.32. The molecule has 0 radical (unpaired) electrons. The van der Waals surface area contributed by atoms with Crippen molar-refractivity contribution in [2.45, 2.75) is 25.2 Å². The van der Waals surface area contributed by atoms with Gasteiger partial charge in [-0.2, -0.15) is 0 Å². The van der Waals surface area contributed by atoms with E-state index >= 15 is 0 Å². The van der Waals surface area contributed by atoms with Crippen LogP contribution in [0.3, 0.4) is 0 Å². The number of benzene rings is 2. The van der Waals surface area contributed by atoms with Crippen LogP contribution in [0.15, 0.2) is 36.4 Å². The molecule has 3 rings (SSSR count). The van der Waals surface area contributed by atoms with E-state index in [0.717, 1.165) is 17.2 Å². The van der Waals surface area contributed by atoms with Crippen molar-refractivity contribution in [1.29, 1.82) is 0 Å². The van der Waals surface area contributed by atoms with Gasteiger partial charge in [-0.1, -0.05) is 49.7 Å². The van der Waals surface area contributed by atoms with Crippen LogP contribution >= 0.6 is 11.6 Å². The number of nitrogens with zero attached hydrogens (tertiary/aromatic N) is 1. The Morgan fingerprint density at radius 1 is 1.23 bits per heavy atom. The summed E-state index contributed by atoms with van der Waals surface area (Å²) >= 11 is 5.85. The summed E-state index contributed by atoms with van der Waals surface area (Å²) in [5.41, 5.74) is 1.04. The van der Waals surface area contributed by atoms with Crippen LogP contribution in [0.2, 0.25) is 5.02 Å². The number of anilines is 1. The van der Waals surface area contributed by atoms with E-state index in [9.17, 15) is 18.4 Å². The quantitative estimate of drug-likeness (QED) is 0.668. The predicted molar refractivity (Wildman–Crippen MR) is 118 cm³/mol. The first-order valence-electron chi connectivity index (χ1n) is 10.1. The molecular weight excluding hydrogens is 424 g/mol. The monoisotopic (exact) mass is 449 g/mol. The summed E-state index contributed by atoms with van der Waals surface area (Å²) in [7, 11) is 1.44. The van der Waals surface area contributed by atoms with Gasteiger partial charge in [-0.05, 0) is 29.2 Å². The first-order chi connectivity index (χ1) is 14.7. The van der Waals surface area contributed by atoms with Crippen LogP contribution in [-0.2, 0) is 10.2 Å². The van der Waals surface area contributed by atoms with Gasteiger partial charge in [0.15, 0.2) is 0 Å². The maximum Gasteiger partial charge on any atom is 0.253 e. The van der Waals surface area contributed by atoms with Crippen molar-refractivity contribution < 1.29 is 18.4 Å². The minimum Gasteiger partial charge on any atom is -0.355 e. The van der Waals surface area contributed by atoms with Gasteiger partial charge in [-0.25, -0.2) is 8.78 Å². The second-order valence-electron chi connectivity index (χ2n) is 8.07. The Morgan fingerprint density at radius 2 is 1.90 bits per heavy atom. The minimum absolute atomic E-state index is 0.0385. The maximum absolute atomic E-state index is 14.2. The highest BCUT2D eigenvalue weighted by molar-refractivity contribution is 6.31. The highest BCUT2D eigenvalue weighted by Gasteiger charge is 2.51. The number of rotatable bonds is 7. The molecule has 2 amide bonds. The van der Waals surface area contributed by atoms with Gasteiger partial charge >= 0.3 is 0 Å². The topological polar surface area (TPSA) is 61.4 Å². The fourth-order valence-corrected chi connectivity index (χ4v) is 4.25. The molecule has 2 N–H and O–H groups in total. The molecule has 2 aromatic carbocycles. The third-order valence-electron chi connectivity index (χ3n) is 5.70. The molecule has 2 aromatic rings. The van der Waals surface area contributed by atoms with Gasteiger partial charge in [0, 0.05) is 26.7 Å². The van der Waals surface area contributed by atoms with Gasteiger partial charge < -0.3 is 10.6 Å². The smallest absolute Gasteiger partial charge is 0.253 e. The standard InChI is InChI=1S/C23H26ClF2N3O2/c1-14(2)15-6-4-5-7-17(15)23(12-29(13-23)9-8-25)22(31)28-20-11-19(26)18(24)10-16(20)21(30)27-3/h4-7,10-11,14H,8-9,12-13H2,1-3H3,(H,27,30)(H,28,31). The predicted octanol–water partition coefficient (Wildman–Crippen LogP) is 4.12. The van der Waals surface area contributed by atoms with Crippen molar-refractivity contribution in [3.63, 3.8) is 0 Å². The number of halogens is 3. The number of hydrogen-bond donors (Lipinski definition) is 2. The van der Waals surface area contributed by atoms with E-state index < -0.39 is 23.8 Å². The number of nitrogens with one attached hydrogen (secondary N) is 2. The average Bonchev–Trinajstić information content (AvgIpc) is 2.72. The second-order valence-corrected chi connectivity index (χ2v) is 8.48. The highest BCUT2D eigenvalue weighted by Crippen LogP contribution is 2.40. The summed E-state index contributed by atoms with van der Waals surface area (Å²) in [5, 5.41) is 5.00. The fraction of sp³-hybridized carbons (Fsp3) is 0.391. The van der Waals surface area contributed by atoms with Crippen molar-refractivity contribution in [3.8, 4) is 0 Å². The molecule has 1 fully saturated rings. The molecule has 0 atom stereocenters. The van der Waals surface area contributed by atoms with Crippen molar-refractivity contribution >= 4 is 29.1 Å². The molecule has 0 aliphatic carbocycles. The molecule has 8 heteroatoms. The summed E-state index contributed by atoms with van der Waals surface area (Å²) in [6.07, 6.45) is 0. The Hall–Kier alpha value is -2.51. The molecule has 0 spiro atoms. The van der Waals surface area contributed by atoms with Gasteiger partial charge in [0.05, 0.1) is 21.7 Å². The van der Waals surface area contributed by atoms with Crippen LogP contribution in [-0.4, -0.2) is 50.1 Å². The zero-order valence-corrected chi connectivity index (χ0v) is 18.5. The molecular formula is C23H26ClF2N3O2. The lowest BCUT2D eigenvalue weighted by atomic mass is 9.69. The van der Waals surface area contributed by atoms with Crippen molar-refractivity contribution in [2.75, 3.05) is 38.7 Å². The third-order valence-corrected chi connectivity index (χ3v) is 5.99. The summed E-state index contributed by atoms with van der Waals surface area (Å²) in [6.45, 7) is 4.47. The first kappa shape index (κ1) is 23.2. The molecule has 31 heavy (non-hydrogen) atoms. The largest absolute Gasteiger partial charge is 0.355 e. The molecule has 166 valence electrons. The number of alkyl halides is 1. The zero-order valence-electron chi connectivity index (χ0n) is 17.8. The van der Waals surface area contributed by atoms with Gasteiger partial charge in [0.1, 0.15) is 12.5 Å². The summed E-state index contributed by atoms with van der Waals surface area (Å²) in [4.78, 5) is 27.7. The lowest BCUT2D eigenvalue weighted by Gasteiger charge is -2.50. The normalized spacial score (nSPS) is 15.5. The molecule has 0 saturated carbocycles.